The second kappa shape index (κ2) is 4.65. The number of aliphatic hydroxyl groups is 1. The molecular formula is C11H16N2O3. The van der Waals surface area contributed by atoms with E-state index in [1.165, 1.54) is 0 Å². The standard InChI is InChI=1S/C11H16N2O3/c1-2-3-9-5-11(16-12-9)13-6-8(7-14)4-10(13)15/h5,8,14H,2-4,6-7H2,1H3. The number of hydrogen-bond acceptors (Lipinski definition) is 4. The van der Waals surface area contributed by atoms with Gasteiger partial charge in [0.1, 0.15) is 0 Å². The van der Waals surface area contributed by atoms with Gasteiger partial charge < -0.3 is 9.63 Å². The first kappa shape index (κ1) is 11.1. The highest BCUT2D eigenvalue weighted by Crippen LogP contribution is 2.25. The molecule has 0 aliphatic carbocycles. The Morgan fingerprint density at radius 3 is 3.12 bits per heavy atom. The fourth-order valence-corrected chi connectivity index (χ4v) is 1.92. The van der Waals surface area contributed by atoms with Crippen LogP contribution in [0.1, 0.15) is 25.5 Å². The first-order valence-corrected chi connectivity index (χ1v) is 5.61. The van der Waals surface area contributed by atoms with Crippen LogP contribution in [0.4, 0.5) is 5.88 Å². The number of carbonyl (C=O) groups excluding carboxylic acids is 1. The molecule has 5 nitrogen and oxygen atoms in total. The van der Waals surface area contributed by atoms with Gasteiger partial charge in [-0.05, 0) is 6.42 Å². The number of aryl methyl sites for hydroxylation is 1. The Bertz CT molecular complexity index is 375. The van der Waals surface area contributed by atoms with Gasteiger partial charge in [0, 0.05) is 31.6 Å². The van der Waals surface area contributed by atoms with Crippen LogP contribution in [0.2, 0.25) is 0 Å². The van der Waals surface area contributed by atoms with Crippen molar-refractivity contribution in [1.82, 2.24) is 5.16 Å². The van der Waals surface area contributed by atoms with Crippen LogP contribution in [-0.4, -0.2) is 29.3 Å². The molecule has 1 atom stereocenters. The zero-order valence-electron chi connectivity index (χ0n) is 9.35. The Morgan fingerprint density at radius 2 is 2.50 bits per heavy atom. The Kier molecular flexibility index (Phi) is 3.24. The Balaban J connectivity index is 2.09. The number of anilines is 1. The number of hydrogen-bond donors (Lipinski definition) is 1. The Morgan fingerprint density at radius 1 is 1.69 bits per heavy atom. The van der Waals surface area contributed by atoms with Crippen molar-refractivity contribution in [2.75, 3.05) is 18.1 Å². The van der Waals surface area contributed by atoms with E-state index in [1.54, 1.807) is 11.0 Å². The fraction of sp³-hybridized carbons (Fsp3) is 0.636. The van der Waals surface area contributed by atoms with Gasteiger partial charge in [-0.3, -0.25) is 9.69 Å². The molecule has 5 heteroatoms. The molecule has 2 rings (SSSR count). The maximum absolute atomic E-state index is 11.6. The van der Waals surface area contributed by atoms with E-state index in [-0.39, 0.29) is 18.4 Å². The highest BCUT2D eigenvalue weighted by atomic mass is 16.5. The van der Waals surface area contributed by atoms with E-state index >= 15 is 0 Å². The van der Waals surface area contributed by atoms with Gasteiger partial charge in [-0.25, -0.2) is 0 Å². The third-order valence-electron chi connectivity index (χ3n) is 2.78. The number of aliphatic hydroxyl groups excluding tert-OH is 1. The Hall–Kier alpha value is -1.36. The van der Waals surface area contributed by atoms with E-state index in [1.807, 2.05) is 0 Å². The quantitative estimate of drug-likeness (QED) is 0.827. The van der Waals surface area contributed by atoms with Gasteiger partial charge in [-0.15, -0.1) is 0 Å². The summed E-state index contributed by atoms with van der Waals surface area (Å²) in [6.45, 7) is 2.63. The van der Waals surface area contributed by atoms with Gasteiger partial charge in [0.2, 0.25) is 11.8 Å². The topological polar surface area (TPSA) is 66.6 Å². The van der Waals surface area contributed by atoms with Gasteiger partial charge in [0.25, 0.3) is 0 Å². The summed E-state index contributed by atoms with van der Waals surface area (Å²) in [5.74, 6) is 0.523. The van der Waals surface area contributed by atoms with Crippen molar-refractivity contribution in [3.05, 3.63) is 11.8 Å². The molecule has 1 unspecified atom stereocenters. The van der Waals surface area contributed by atoms with Gasteiger partial charge >= 0.3 is 0 Å². The van der Waals surface area contributed by atoms with Crippen molar-refractivity contribution in [1.29, 1.82) is 0 Å². The molecular weight excluding hydrogens is 208 g/mol. The van der Waals surface area contributed by atoms with E-state index in [0.29, 0.717) is 18.8 Å². The van der Waals surface area contributed by atoms with Crippen molar-refractivity contribution in [2.24, 2.45) is 5.92 Å². The second-order valence-corrected chi connectivity index (χ2v) is 4.16. The molecule has 16 heavy (non-hydrogen) atoms. The fourth-order valence-electron chi connectivity index (χ4n) is 1.92. The molecule has 1 fully saturated rings. The van der Waals surface area contributed by atoms with Crippen LogP contribution in [0.3, 0.4) is 0 Å². The molecule has 88 valence electrons. The van der Waals surface area contributed by atoms with E-state index < -0.39 is 0 Å². The van der Waals surface area contributed by atoms with Crippen molar-refractivity contribution in [3.63, 3.8) is 0 Å². The van der Waals surface area contributed by atoms with Crippen molar-refractivity contribution >= 4 is 11.8 Å². The molecule has 1 aliphatic rings. The normalized spacial score (nSPS) is 20.8. The maximum atomic E-state index is 11.6. The van der Waals surface area contributed by atoms with Crippen molar-refractivity contribution < 1.29 is 14.4 Å². The molecule has 1 saturated heterocycles. The van der Waals surface area contributed by atoms with E-state index in [0.717, 1.165) is 18.5 Å². The van der Waals surface area contributed by atoms with E-state index in [9.17, 15) is 4.79 Å². The minimum Gasteiger partial charge on any atom is -0.396 e. The summed E-state index contributed by atoms with van der Waals surface area (Å²) in [6, 6.07) is 1.81. The number of carbonyl (C=O) groups is 1. The summed E-state index contributed by atoms with van der Waals surface area (Å²) in [6.07, 6.45) is 2.24. The number of aromatic nitrogens is 1. The predicted octanol–water partition coefficient (Wildman–Crippen LogP) is 0.972. The lowest BCUT2D eigenvalue weighted by Crippen LogP contribution is -2.24. The third kappa shape index (κ3) is 2.09. The van der Waals surface area contributed by atoms with E-state index in [2.05, 4.69) is 12.1 Å². The van der Waals surface area contributed by atoms with Crippen molar-refractivity contribution in [2.45, 2.75) is 26.2 Å². The summed E-state index contributed by atoms with van der Waals surface area (Å²) < 4.78 is 5.14. The van der Waals surface area contributed by atoms with E-state index in [4.69, 9.17) is 9.63 Å². The summed E-state index contributed by atoms with van der Waals surface area (Å²) >= 11 is 0. The number of rotatable bonds is 4. The highest BCUT2D eigenvalue weighted by molar-refractivity contribution is 5.94. The molecule has 1 aromatic heterocycles. The molecule has 1 N–H and O–H groups in total. The number of amides is 1. The van der Waals surface area contributed by atoms with Gasteiger partial charge in [0.15, 0.2) is 0 Å². The largest absolute Gasteiger partial charge is 0.396 e. The summed E-state index contributed by atoms with van der Waals surface area (Å²) in [5.41, 5.74) is 0.873. The minimum atomic E-state index is -0.00162. The van der Waals surface area contributed by atoms with Crippen LogP contribution in [0.25, 0.3) is 0 Å². The molecule has 0 saturated carbocycles. The Labute approximate surface area is 94.0 Å². The molecule has 0 bridgehead atoms. The molecule has 0 spiro atoms. The molecule has 0 aromatic carbocycles. The van der Waals surface area contributed by atoms with Crippen LogP contribution in [0.15, 0.2) is 10.6 Å². The average Bonchev–Trinajstić information content (AvgIpc) is 2.85. The van der Waals surface area contributed by atoms with Crippen LogP contribution in [-0.2, 0) is 11.2 Å². The molecule has 1 amide bonds. The highest BCUT2D eigenvalue weighted by Gasteiger charge is 2.32. The first-order valence-electron chi connectivity index (χ1n) is 5.61. The molecule has 2 heterocycles. The average molecular weight is 224 g/mol. The second-order valence-electron chi connectivity index (χ2n) is 4.16. The third-order valence-corrected chi connectivity index (χ3v) is 2.78. The lowest BCUT2D eigenvalue weighted by molar-refractivity contribution is -0.117. The van der Waals surface area contributed by atoms with Crippen LogP contribution in [0.5, 0.6) is 0 Å². The predicted molar refractivity (Wildman–Crippen MR) is 58.0 cm³/mol. The van der Waals surface area contributed by atoms with Crippen LogP contribution >= 0.6 is 0 Å². The van der Waals surface area contributed by atoms with Gasteiger partial charge in [-0.2, -0.15) is 0 Å². The molecule has 1 aromatic rings. The van der Waals surface area contributed by atoms with Crippen LogP contribution < -0.4 is 4.90 Å². The zero-order chi connectivity index (χ0) is 11.5. The van der Waals surface area contributed by atoms with Crippen LogP contribution in [0, 0.1) is 5.92 Å². The smallest absolute Gasteiger partial charge is 0.234 e. The lowest BCUT2D eigenvalue weighted by atomic mass is 10.1. The van der Waals surface area contributed by atoms with Gasteiger partial charge in [-0.1, -0.05) is 18.5 Å². The molecule has 1 aliphatic heterocycles. The molecule has 0 radical (unpaired) electrons. The monoisotopic (exact) mass is 224 g/mol. The minimum absolute atomic E-state index is 0.00162. The number of nitrogens with zero attached hydrogens (tertiary/aromatic N) is 2. The zero-order valence-corrected chi connectivity index (χ0v) is 9.35. The van der Waals surface area contributed by atoms with Gasteiger partial charge in [0.05, 0.1) is 5.69 Å². The SMILES string of the molecule is CCCc1cc(N2CC(CO)CC2=O)on1. The summed E-state index contributed by atoms with van der Waals surface area (Å²) in [4.78, 5) is 13.2. The first-order chi connectivity index (χ1) is 7.74. The van der Waals surface area contributed by atoms with Crippen molar-refractivity contribution in [3.8, 4) is 0 Å². The summed E-state index contributed by atoms with van der Waals surface area (Å²) in [7, 11) is 0. The summed E-state index contributed by atoms with van der Waals surface area (Å²) in [5, 5.41) is 12.9. The lowest BCUT2D eigenvalue weighted by Gasteiger charge is -2.10. The maximum Gasteiger partial charge on any atom is 0.234 e.